The Morgan fingerprint density at radius 1 is 0.466 bits per heavy atom. The minimum Gasteiger partial charge on any atom is -0.333 e. The van der Waals surface area contributed by atoms with Crippen molar-refractivity contribution in [2.75, 3.05) is 0 Å². The van der Waals surface area contributed by atoms with Gasteiger partial charge in [0.25, 0.3) is 11.8 Å². The molecule has 12 heteroatoms. The number of carbonyl (C=O) groups is 4. The van der Waals surface area contributed by atoms with Gasteiger partial charge < -0.3 is 10.6 Å². The molecule has 58 heavy (non-hydrogen) atoms. The van der Waals surface area contributed by atoms with Gasteiger partial charge in [-0.15, -0.1) is 0 Å². The first-order valence-electron chi connectivity index (χ1n) is 18.7. The number of rotatable bonds is 8. The van der Waals surface area contributed by atoms with Crippen LogP contribution < -0.4 is 32.3 Å². The third-order valence-electron chi connectivity index (χ3n) is 9.71. The molecule has 0 aliphatic heterocycles. The number of para-hydroxylation sites is 2. The second-order valence-corrected chi connectivity index (χ2v) is 14.1. The molecule has 6 amide bonds. The van der Waals surface area contributed by atoms with Crippen molar-refractivity contribution in [3.63, 3.8) is 0 Å². The Balaban J connectivity index is 0.916. The van der Waals surface area contributed by atoms with Crippen molar-refractivity contribution in [2.45, 2.75) is 40.8 Å². The summed E-state index contributed by atoms with van der Waals surface area (Å²) in [5.74, 6) is -0.975. The van der Waals surface area contributed by atoms with E-state index in [-0.39, 0.29) is 13.1 Å². The maximum atomic E-state index is 13.4. The number of hydrogen-bond donors (Lipinski definition) is 6. The zero-order valence-corrected chi connectivity index (χ0v) is 32.5. The minimum absolute atomic E-state index is 0.150. The second kappa shape index (κ2) is 17.0. The Morgan fingerprint density at radius 2 is 0.897 bits per heavy atom. The molecule has 2 aromatic heterocycles. The van der Waals surface area contributed by atoms with Gasteiger partial charge in [-0.3, -0.25) is 20.4 Å². The topological polar surface area (TPSA) is 166 Å². The number of benzene rings is 5. The van der Waals surface area contributed by atoms with Gasteiger partial charge >= 0.3 is 12.1 Å². The molecule has 2 heterocycles. The number of hydrogen-bond acceptors (Lipinski definition) is 6. The fraction of sp³-hybridized carbons (Fsp3) is 0.130. The van der Waals surface area contributed by atoms with Crippen LogP contribution >= 0.6 is 0 Å². The van der Waals surface area contributed by atoms with E-state index in [1.54, 1.807) is 18.2 Å². The first kappa shape index (κ1) is 38.7. The summed E-state index contributed by atoms with van der Waals surface area (Å²) < 4.78 is 0. The molecule has 0 aliphatic carbocycles. The molecule has 290 valence electrons. The number of urea groups is 2. The monoisotopic (exact) mass is 770 g/mol. The highest BCUT2D eigenvalue weighted by molar-refractivity contribution is 6.08. The molecule has 0 saturated heterocycles. The van der Waals surface area contributed by atoms with Crippen LogP contribution in [0, 0.1) is 27.7 Å². The van der Waals surface area contributed by atoms with E-state index in [1.807, 2.05) is 119 Å². The smallest absolute Gasteiger partial charge is 0.333 e. The molecule has 0 fully saturated rings. The molecule has 5 aromatic carbocycles. The number of fused-ring (bicyclic) bond motifs is 2. The first-order valence-corrected chi connectivity index (χ1v) is 18.7. The van der Waals surface area contributed by atoms with Gasteiger partial charge in [-0.1, -0.05) is 108 Å². The number of pyridine rings is 2. The summed E-state index contributed by atoms with van der Waals surface area (Å²) in [7, 11) is 0. The summed E-state index contributed by atoms with van der Waals surface area (Å²) in [6.07, 6.45) is 0. The predicted molar refractivity (Wildman–Crippen MR) is 225 cm³/mol. The Bertz CT molecular complexity index is 2550. The lowest BCUT2D eigenvalue weighted by Crippen LogP contribution is -2.47. The standard InChI is InChI=1S/C46H42N8O4/c1-27-16-18-33(29(3)20-27)41-23-37(35-12-5-7-14-39(35)49-41)43(55)51-53-45(57)47-25-31-10-9-11-32(22-31)26-48-46(58)54-52-44(56)38-24-42(34-19-17-28(2)21-30(34)4)50-40-15-8-6-13-36(38)40/h5-24H,25-26H2,1-4H3,(H,51,55)(H,52,56)(H2,47,53,57)(H2,48,54,58). The van der Waals surface area contributed by atoms with Crippen LogP contribution in [0.3, 0.4) is 0 Å². The fourth-order valence-corrected chi connectivity index (χ4v) is 6.87. The van der Waals surface area contributed by atoms with E-state index in [2.05, 4.69) is 44.5 Å². The molecule has 6 N–H and O–H groups in total. The van der Waals surface area contributed by atoms with E-state index in [1.165, 1.54) is 0 Å². The van der Waals surface area contributed by atoms with Crippen LogP contribution in [0.25, 0.3) is 44.3 Å². The van der Waals surface area contributed by atoms with Crippen molar-refractivity contribution in [1.82, 2.24) is 42.3 Å². The van der Waals surface area contributed by atoms with Crippen LogP contribution in [0.1, 0.15) is 54.1 Å². The third kappa shape index (κ3) is 8.92. The summed E-state index contributed by atoms with van der Waals surface area (Å²) in [4.78, 5) is 61.8. The van der Waals surface area contributed by atoms with Gasteiger partial charge in [0.05, 0.1) is 33.5 Å². The van der Waals surface area contributed by atoms with E-state index in [9.17, 15) is 19.2 Å². The maximum absolute atomic E-state index is 13.4. The summed E-state index contributed by atoms with van der Waals surface area (Å²) >= 11 is 0. The van der Waals surface area contributed by atoms with Crippen molar-refractivity contribution in [3.05, 3.63) is 166 Å². The van der Waals surface area contributed by atoms with Crippen molar-refractivity contribution >= 4 is 45.7 Å². The average molecular weight is 771 g/mol. The fourth-order valence-electron chi connectivity index (χ4n) is 6.87. The van der Waals surface area contributed by atoms with Gasteiger partial charge in [0.1, 0.15) is 0 Å². The molecule has 0 spiro atoms. The number of nitrogens with zero attached hydrogens (tertiary/aromatic N) is 2. The van der Waals surface area contributed by atoms with Gasteiger partial charge in [0.2, 0.25) is 0 Å². The van der Waals surface area contributed by atoms with Gasteiger partial charge in [0, 0.05) is 35.0 Å². The van der Waals surface area contributed by atoms with Crippen LogP contribution in [0.2, 0.25) is 0 Å². The van der Waals surface area contributed by atoms with Crippen molar-refractivity contribution < 1.29 is 19.2 Å². The summed E-state index contributed by atoms with van der Waals surface area (Å²) in [6, 6.07) is 36.4. The average Bonchev–Trinajstić information content (AvgIpc) is 3.22. The first-order chi connectivity index (χ1) is 28.0. The Kier molecular flexibility index (Phi) is 11.4. The van der Waals surface area contributed by atoms with Crippen LogP contribution in [0.15, 0.2) is 121 Å². The number of nitrogens with one attached hydrogen (secondary N) is 6. The maximum Gasteiger partial charge on any atom is 0.333 e. The molecule has 0 radical (unpaired) electrons. The van der Waals surface area contributed by atoms with Crippen LogP contribution in [0.5, 0.6) is 0 Å². The molecule has 0 atom stereocenters. The molecular weight excluding hydrogens is 729 g/mol. The molecule has 0 unspecified atom stereocenters. The zero-order valence-electron chi connectivity index (χ0n) is 32.5. The predicted octanol–water partition coefficient (Wildman–Crippen LogP) is 7.64. The number of hydrazine groups is 2. The lowest BCUT2D eigenvalue weighted by Gasteiger charge is -2.14. The number of aryl methyl sites for hydroxylation is 4. The number of amides is 6. The lowest BCUT2D eigenvalue weighted by molar-refractivity contribution is 0.0931. The zero-order chi connectivity index (χ0) is 40.8. The molecule has 0 aliphatic rings. The van der Waals surface area contributed by atoms with E-state index in [0.717, 1.165) is 44.5 Å². The number of carbonyl (C=O) groups excluding carboxylic acids is 4. The Morgan fingerprint density at radius 3 is 1.33 bits per heavy atom. The second-order valence-electron chi connectivity index (χ2n) is 14.1. The van der Waals surface area contributed by atoms with Crippen LogP contribution in [0.4, 0.5) is 9.59 Å². The molecule has 7 rings (SSSR count). The van der Waals surface area contributed by atoms with E-state index in [0.29, 0.717) is 44.3 Å². The van der Waals surface area contributed by atoms with Gasteiger partial charge in [-0.2, -0.15) is 0 Å². The molecule has 0 saturated carbocycles. The van der Waals surface area contributed by atoms with E-state index >= 15 is 0 Å². The Labute approximate surface area is 335 Å². The van der Waals surface area contributed by atoms with Crippen molar-refractivity contribution in [2.24, 2.45) is 0 Å². The lowest BCUT2D eigenvalue weighted by atomic mass is 9.99. The molecule has 12 nitrogen and oxygen atoms in total. The van der Waals surface area contributed by atoms with Crippen molar-refractivity contribution in [1.29, 1.82) is 0 Å². The Hall–Kier alpha value is -7.60. The van der Waals surface area contributed by atoms with Crippen LogP contribution in [-0.4, -0.2) is 33.8 Å². The normalized spacial score (nSPS) is 10.8. The van der Waals surface area contributed by atoms with E-state index < -0.39 is 23.9 Å². The highest BCUT2D eigenvalue weighted by Gasteiger charge is 2.18. The molecular formula is C46H42N8O4. The quantitative estimate of drug-likeness (QED) is 0.0870. The minimum atomic E-state index is -0.608. The highest BCUT2D eigenvalue weighted by Crippen LogP contribution is 2.29. The summed E-state index contributed by atoms with van der Waals surface area (Å²) in [5, 5.41) is 6.78. The third-order valence-corrected chi connectivity index (χ3v) is 9.71. The van der Waals surface area contributed by atoms with Gasteiger partial charge in [-0.25, -0.2) is 30.4 Å². The SMILES string of the molecule is Cc1ccc(-c2cc(C(=O)NNC(=O)NCc3cccc(CNC(=O)NNC(=O)c4cc(-c5ccc(C)cc5C)nc5ccccc45)c3)c3ccccc3n2)c(C)c1. The molecule has 0 bridgehead atoms. The van der Waals surface area contributed by atoms with Crippen LogP contribution in [-0.2, 0) is 13.1 Å². The van der Waals surface area contributed by atoms with Gasteiger partial charge in [-0.05, 0) is 74.2 Å². The van der Waals surface area contributed by atoms with Gasteiger partial charge in [0.15, 0.2) is 0 Å². The van der Waals surface area contributed by atoms with Crippen molar-refractivity contribution in [3.8, 4) is 22.5 Å². The number of aromatic nitrogens is 2. The molecule has 7 aromatic rings. The van der Waals surface area contributed by atoms with E-state index in [4.69, 9.17) is 9.97 Å². The largest absolute Gasteiger partial charge is 0.333 e. The highest BCUT2D eigenvalue weighted by atomic mass is 16.2. The summed E-state index contributed by atoms with van der Waals surface area (Å²) in [6.45, 7) is 8.35. The summed E-state index contributed by atoms with van der Waals surface area (Å²) in [5.41, 5.74) is 21.0.